The number of hydrogen-bond donors (Lipinski definition) is 0. The minimum absolute atomic E-state index is 0. The molecule has 1 aliphatic rings. The molecule has 0 saturated carbocycles. The molecule has 0 N–H and O–H groups in total. The largest absolute Gasteiger partial charge is 0.496 e. The fourth-order valence-electron chi connectivity index (χ4n) is 4.97. The SMILES string of the molecule is C.C.CC1(C)OB(c2cnc(OCC(F)(F)F)c(F)c2)OC1(C)C.COCc1nnc2ccc(-c3cnc(OCC(F)(F)F)c(F)c3)nn12.COCc1nnc2ccc(Br)cn12. The highest BCUT2D eigenvalue weighted by molar-refractivity contribution is 9.10. The molecule has 0 atom stereocenters. The summed E-state index contributed by atoms with van der Waals surface area (Å²) >= 11 is 3.39. The summed E-state index contributed by atoms with van der Waals surface area (Å²) in [6.07, 6.45) is -4.87. The van der Waals surface area contributed by atoms with Gasteiger partial charge in [-0.3, -0.25) is 4.40 Å². The minimum Gasteiger partial charge on any atom is -0.466 e. The van der Waals surface area contributed by atoms with Crippen molar-refractivity contribution < 1.29 is 63.4 Å². The molecule has 0 amide bonds. The van der Waals surface area contributed by atoms with Gasteiger partial charge in [-0.25, -0.2) is 18.7 Å². The van der Waals surface area contributed by atoms with Crippen LogP contribution in [0.25, 0.3) is 22.6 Å². The zero-order chi connectivity index (χ0) is 44.0. The maximum Gasteiger partial charge on any atom is 0.496 e. The van der Waals surface area contributed by atoms with E-state index in [-0.39, 0.29) is 32.5 Å². The quantitative estimate of drug-likeness (QED) is 0.0971. The van der Waals surface area contributed by atoms with Crippen LogP contribution in [-0.4, -0.2) is 102 Å². The third-order valence-corrected chi connectivity index (χ3v) is 8.98. The molecule has 0 aliphatic carbocycles. The third kappa shape index (κ3) is 13.2. The summed E-state index contributed by atoms with van der Waals surface area (Å²) in [6.45, 7) is 4.74. The van der Waals surface area contributed by atoms with Gasteiger partial charge in [0.25, 0.3) is 11.8 Å². The summed E-state index contributed by atoms with van der Waals surface area (Å²) in [4.78, 5) is 7.15. The number of methoxy groups -OCH3 is 2. The van der Waals surface area contributed by atoms with Gasteiger partial charge in [-0.2, -0.15) is 36.0 Å². The molecule has 0 radical (unpaired) electrons. The standard InChI is InChI=1S/C14H11F4N5O2.C13H16BF4NO3.C8H8BrN3O.2CH4/c1-24-6-12-21-20-11-3-2-10(22-23(11)12)8-4-9(15)13(19-5-8)25-7-14(16,17)18;1-11(2)12(3,4)22-14(21-11)8-5-9(15)10(19-6-8)20-7-13(16,17)18;1-13-5-8-11-10-7-3-2-6(9)4-12(7)8;;/h2-5H,6-7H2,1H3;5-6H,7H2,1-4H3;2-4H,5H2,1H3;2*1H4. The number of pyridine rings is 3. The normalized spacial score (nSPS) is 14.3. The topological polar surface area (TPSA) is 154 Å². The Morgan fingerprint density at radius 1 is 0.710 bits per heavy atom. The fraction of sp³-hybridized carbons (Fsp3) is 0.432. The summed E-state index contributed by atoms with van der Waals surface area (Å²) in [5, 5.41) is 20.1. The second-order valence-electron chi connectivity index (χ2n) is 13.6. The van der Waals surface area contributed by atoms with Crippen molar-refractivity contribution in [3.05, 3.63) is 82.7 Å². The molecule has 15 nitrogen and oxygen atoms in total. The van der Waals surface area contributed by atoms with Gasteiger partial charge in [-0.1, -0.05) is 14.9 Å². The first-order valence-corrected chi connectivity index (χ1v) is 18.1. The van der Waals surface area contributed by atoms with Gasteiger partial charge in [0.1, 0.15) is 13.2 Å². The molecule has 0 aromatic carbocycles. The van der Waals surface area contributed by atoms with Crippen LogP contribution in [-0.2, 0) is 32.0 Å². The first-order valence-electron chi connectivity index (χ1n) is 17.3. The lowest BCUT2D eigenvalue weighted by Crippen LogP contribution is -2.41. The van der Waals surface area contributed by atoms with E-state index in [0.29, 0.717) is 23.8 Å². The predicted octanol–water partition coefficient (Wildman–Crippen LogP) is 7.78. The zero-order valence-corrected chi connectivity index (χ0v) is 34.1. The van der Waals surface area contributed by atoms with Gasteiger partial charge in [0, 0.05) is 48.3 Å². The summed E-state index contributed by atoms with van der Waals surface area (Å²) < 4.78 is 135. The van der Waals surface area contributed by atoms with E-state index in [2.05, 4.69) is 60.9 Å². The van der Waals surface area contributed by atoms with E-state index in [0.717, 1.165) is 28.1 Å². The lowest BCUT2D eigenvalue weighted by Gasteiger charge is -2.32. The fourth-order valence-corrected chi connectivity index (χ4v) is 5.31. The van der Waals surface area contributed by atoms with E-state index in [1.54, 1.807) is 19.2 Å². The number of rotatable bonds is 10. The van der Waals surface area contributed by atoms with Gasteiger partial charge in [0.2, 0.25) is 0 Å². The van der Waals surface area contributed by atoms with Crippen LogP contribution in [0.3, 0.4) is 0 Å². The Kier molecular flexibility index (Phi) is 17.2. The molecule has 0 bridgehead atoms. The molecule has 1 saturated heterocycles. The first kappa shape index (κ1) is 51.2. The van der Waals surface area contributed by atoms with Crippen molar-refractivity contribution in [2.45, 2.75) is 79.3 Å². The number of halogens is 9. The van der Waals surface area contributed by atoms with Crippen LogP contribution in [0, 0.1) is 11.6 Å². The Hall–Kier alpha value is -5.11. The van der Waals surface area contributed by atoms with Crippen molar-refractivity contribution in [1.82, 2.24) is 44.4 Å². The summed E-state index contributed by atoms with van der Waals surface area (Å²) in [5.74, 6) is -2.22. The average molecular weight is 953 g/mol. The molecule has 6 aromatic heterocycles. The Bertz CT molecular complexity index is 2390. The van der Waals surface area contributed by atoms with Crippen LogP contribution in [0.1, 0.15) is 54.2 Å². The van der Waals surface area contributed by atoms with Crippen molar-refractivity contribution in [1.29, 1.82) is 0 Å². The van der Waals surface area contributed by atoms with Gasteiger partial charge in [0.15, 0.2) is 47.8 Å². The Labute approximate surface area is 359 Å². The second kappa shape index (κ2) is 20.8. The zero-order valence-electron chi connectivity index (χ0n) is 32.5. The minimum atomic E-state index is -4.58. The lowest BCUT2D eigenvalue weighted by atomic mass is 9.80. The highest BCUT2D eigenvalue weighted by atomic mass is 79.9. The van der Waals surface area contributed by atoms with Crippen LogP contribution >= 0.6 is 15.9 Å². The molecule has 25 heteroatoms. The molecular formula is C37H43BBrF8N9O6. The molecular weight excluding hydrogens is 909 g/mol. The van der Waals surface area contributed by atoms with Crippen molar-refractivity contribution in [3.63, 3.8) is 0 Å². The van der Waals surface area contributed by atoms with E-state index in [4.69, 9.17) is 18.8 Å². The van der Waals surface area contributed by atoms with Crippen molar-refractivity contribution in [2.24, 2.45) is 0 Å². The number of fused-ring (bicyclic) bond motifs is 2. The Morgan fingerprint density at radius 3 is 1.77 bits per heavy atom. The van der Waals surface area contributed by atoms with Crippen LogP contribution in [0.4, 0.5) is 35.1 Å². The van der Waals surface area contributed by atoms with Crippen molar-refractivity contribution in [2.75, 3.05) is 27.4 Å². The molecule has 7 rings (SSSR count). The van der Waals surface area contributed by atoms with Gasteiger partial charge in [-0.15, -0.1) is 20.4 Å². The van der Waals surface area contributed by atoms with E-state index in [1.165, 1.54) is 24.0 Å². The molecule has 1 fully saturated rings. The van der Waals surface area contributed by atoms with Crippen LogP contribution in [0.5, 0.6) is 11.8 Å². The van der Waals surface area contributed by atoms with Crippen LogP contribution < -0.4 is 14.9 Å². The Morgan fingerprint density at radius 2 is 1.23 bits per heavy atom. The highest BCUT2D eigenvalue weighted by Crippen LogP contribution is 2.36. The molecule has 1 aliphatic heterocycles. The van der Waals surface area contributed by atoms with Crippen molar-refractivity contribution >= 4 is 39.8 Å². The smallest absolute Gasteiger partial charge is 0.466 e. The number of ether oxygens (including phenoxy) is 4. The second-order valence-corrected chi connectivity index (χ2v) is 14.5. The van der Waals surface area contributed by atoms with E-state index in [1.807, 2.05) is 50.4 Å². The first-order chi connectivity index (χ1) is 28.1. The van der Waals surface area contributed by atoms with Gasteiger partial charge in [0.05, 0.1) is 16.9 Å². The van der Waals surface area contributed by atoms with Crippen LogP contribution in [0.2, 0.25) is 0 Å². The molecule has 0 unspecified atom stereocenters. The number of alkyl halides is 6. The third-order valence-electron chi connectivity index (χ3n) is 8.51. The highest BCUT2D eigenvalue weighted by Gasteiger charge is 2.52. The Balaban J connectivity index is 0.000000254. The molecule has 62 heavy (non-hydrogen) atoms. The summed E-state index contributed by atoms with van der Waals surface area (Å²) in [5.41, 5.74) is 0.938. The molecule has 338 valence electrons. The molecule has 0 spiro atoms. The van der Waals surface area contributed by atoms with E-state index >= 15 is 0 Å². The average Bonchev–Trinajstić information content (AvgIpc) is 3.82. The maximum absolute atomic E-state index is 13.9. The number of aromatic nitrogens is 9. The maximum atomic E-state index is 13.9. The van der Waals surface area contributed by atoms with Crippen molar-refractivity contribution in [3.8, 4) is 23.0 Å². The van der Waals surface area contributed by atoms with Gasteiger partial charge in [-0.05, 0) is 80.0 Å². The van der Waals surface area contributed by atoms with E-state index < -0.39 is 67.3 Å². The summed E-state index contributed by atoms with van der Waals surface area (Å²) in [6, 6.07) is 9.00. The number of nitrogens with zero attached hydrogens (tertiary/aromatic N) is 9. The molecule has 6 aromatic rings. The van der Waals surface area contributed by atoms with Gasteiger partial charge < -0.3 is 28.3 Å². The van der Waals surface area contributed by atoms with E-state index in [9.17, 15) is 35.1 Å². The monoisotopic (exact) mass is 951 g/mol. The van der Waals surface area contributed by atoms with Gasteiger partial charge >= 0.3 is 19.5 Å². The van der Waals surface area contributed by atoms with Crippen LogP contribution in [0.15, 0.2) is 59.5 Å². The summed E-state index contributed by atoms with van der Waals surface area (Å²) in [7, 11) is 2.28. The molecule has 7 heterocycles. The predicted molar refractivity (Wildman–Crippen MR) is 213 cm³/mol. The lowest BCUT2D eigenvalue weighted by molar-refractivity contribution is -0.155. The number of hydrogen-bond acceptors (Lipinski definition) is 13.